The molecule has 2 aromatic carbocycles. The molecule has 0 aliphatic heterocycles. The van der Waals surface area contributed by atoms with Crippen LogP contribution >= 0.6 is 22.9 Å². The number of methoxy groups -OCH3 is 1. The fraction of sp³-hybridized carbons (Fsp3) is 0.105. The lowest BCUT2D eigenvalue weighted by molar-refractivity contribution is -0.115. The highest BCUT2D eigenvalue weighted by atomic mass is 35.5. The number of hydrogen-bond acceptors (Lipinski definition) is 5. The summed E-state index contributed by atoms with van der Waals surface area (Å²) < 4.78 is 5.13. The molecular formula is C19H17ClN4O3S. The number of thiazole rings is 1. The van der Waals surface area contributed by atoms with Crippen molar-refractivity contribution in [2.75, 3.05) is 23.1 Å². The van der Waals surface area contributed by atoms with Crippen molar-refractivity contribution < 1.29 is 14.3 Å². The predicted octanol–water partition coefficient (Wildman–Crippen LogP) is 4.63. The Bertz CT molecular complexity index is 975. The lowest BCUT2D eigenvalue weighted by Gasteiger charge is -2.06. The molecule has 0 fully saturated rings. The van der Waals surface area contributed by atoms with Crippen molar-refractivity contribution in [2.45, 2.75) is 6.42 Å². The van der Waals surface area contributed by atoms with E-state index < -0.39 is 6.03 Å². The highest BCUT2D eigenvalue weighted by Gasteiger charge is 2.11. The largest absolute Gasteiger partial charge is 0.497 e. The second-order valence-corrected chi connectivity index (χ2v) is 6.98. The van der Waals surface area contributed by atoms with Crippen LogP contribution in [0.25, 0.3) is 0 Å². The van der Waals surface area contributed by atoms with Gasteiger partial charge < -0.3 is 15.4 Å². The first-order chi connectivity index (χ1) is 13.5. The Kier molecular flexibility index (Phi) is 6.46. The lowest BCUT2D eigenvalue weighted by Crippen LogP contribution is -2.19. The molecule has 144 valence electrons. The van der Waals surface area contributed by atoms with Gasteiger partial charge in [0.1, 0.15) is 5.75 Å². The molecule has 3 aromatic rings. The van der Waals surface area contributed by atoms with Crippen LogP contribution in [-0.4, -0.2) is 24.0 Å². The topological polar surface area (TPSA) is 92.4 Å². The van der Waals surface area contributed by atoms with Gasteiger partial charge in [-0.3, -0.25) is 10.1 Å². The van der Waals surface area contributed by atoms with Crippen molar-refractivity contribution in [3.63, 3.8) is 0 Å². The van der Waals surface area contributed by atoms with Crippen LogP contribution in [-0.2, 0) is 11.2 Å². The number of carbonyl (C=O) groups is 2. The monoisotopic (exact) mass is 416 g/mol. The zero-order valence-electron chi connectivity index (χ0n) is 14.9. The molecular weight excluding hydrogens is 400 g/mol. The molecule has 9 heteroatoms. The van der Waals surface area contributed by atoms with Crippen LogP contribution in [0.2, 0.25) is 5.02 Å². The van der Waals surface area contributed by atoms with E-state index in [9.17, 15) is 9.59 Å². The van der Waals surface area contributed by atoms with Gasteiger partial charge >= 0.3 is 6.03 Å². The highest BCUT2D eigenvalue weighted by Crippen LogP contribution is 2.19. The molecule has 0 radical (unpaired) electrons. The average Bonchev–Trinajstić information content (AvgIpc) is 3.10. The number of amides is 3. The van der Waals surface area contributed by atoms with Crippen molar-refractivity contribution >= 4 is 51.4 Å². The summed E-state index contributed by atoms with van der Waals surface area (Å²) in [5.41, 5.74) is 1.81. The number of halogens is 1. The number of urea groups is 1. The quantitative estimate of drug-likeness (QED) is 0.546. The van der Waals surface area contributed by atoms with Crippen LogP contribution < -0.4 is 20.7 Å². The SMILES string of the molecule is COc1cccc(NC(=O)Cc2csc(NC(=O)Nc3ccc(Cl)cc3)n2)c1. The maximum atomic E-state index is 12.2. The molecule has 1 heterocycles. The molecule has 0 spiro atoms. The number of hydrogen-bond donors (Lipinski definition) is 3. The van der Waals surface area contributed by atoms with E-state index in [0.717, 1.165) is 0 Å². The van der Waals surface area contributed by atoms with Crippen molar-refractivity contribution in [2.24, 2.45) is 0 Å². The fourth-order valence-electron chi connectivity index (χ4n) is 2.31. The summed E-state index contributed by atoms with van der Waals surface area (Å²) in [5.74, 6) is 0.445. The molecule has 0 aliphatic rings. The van der Waals surface area contributed by atoms with Crippen LogP contribution in [0.15, 0.2) is 53.9 Å². The fourth-order valence-corrected chi connectivity index (χ4v) is 3.14. The summed E-state index contributed by atoms with van der Waals surface area (Å²) in [6.07, 6.45) is 0.0915. The van der Waals surface area contributed by atoms with Gasteiger partial charge in [0, 0.05) is 27.8 Å². The van der Waals surface area contributed by atoms with E-state index in [2.05, 4.69) is 20.9 Å². The maximum absolute atomic E-state index is 12.2. The molecule has 0 bridgehead atoms. The van der Waals surface area contributed by atoms with Gasteiger partial charge in [-0.1, -0.05) is 17.7 Å². The van der Waals surface area contributed by atoms with Crippen LogP contribution in [0.5, 0.6) is 5.75 Å². The Hall–Kier alpha value is -3.10. The number of anilines is 3. The average molecular weight is 417 g/mol. The van der Waals surface area contributed by atoms with Gasteiger partial charge in [-0.05, 0) is 36.4 Å². The van der Waals surface area contributed by atoms with Gasteiger partial charge in [-0.15, -0.1) is 11.3 Å². The number of ether oxygens (including phenoxy) is 1. The Morgan fingerprint density at radius 2 is 1.86 bits per heavy atom. The number of benzene rings is 2. The first-order valence-electron chi connectivity index (χ1n) is 8.24. The van der Waals surface area contributed by atoms with E-state index in [1.807, 2.05) is 0 Å². The van der Waals surface area contributed by atoms with Crippen LogP contribution in [0.4, 0.5) is 21.3 Å². The van der Waals surface area contributed by atoms with E-state index in [1.165, 1.54) is 11.3 Å². The summed E-state index contributed by atoms with van der Waals surface area (Å²) in [5, 5.41) is 10.8. The molecule has 28 heavy (non-hydrogen) atoms. The number of nitrogens with one attached hydrogen (secondary N) is 3. The molecule has 3 N–H and O–H groups in total. The normalized spacial score (nSPS) is 10.2. The molecule has 7 nitrogen and oxygen atoms in total. The first kappa shape index (κ1) is 19.7. The van der Waals surface area contributed by atoms with Gasteiger partial charge in [-0.25, -0.2) is 9.78 Å². The minimum absolute atomic E-state index is 0.0915. The third-order valence-electron chi connectivity index (χ3n) is 3.57. The van der Waals surface area contributed by atoms with Gasteiger partial charge in [0.05, 0.1) is 19.2 Å². The van der Waals surface area contributed by atoms with Crippen molar-refractivity contribution in [1.82, 2.24) is 4.98 Å². The van der Waals surface area contributed by atoms with Crippen molar-refractivity contribution in [1.29, 1.82) is 0 Å². The molecule has 0 saturated heterocycles. The number of rotatable bonds is 6. The van der Waals surface area contributed by atoms with Crippen LogP contribution in [0, 0.1) is 0 Å². The van der Waals surface area contributed by atoms with E-state index >= 15 is 0 Å². The summed E-state index contributed by atoms with van der Waals surface area (Å²) in [7, 11) is 1.56. The molecule has 1 aromatic heterocycles. The first-order valence-corrected chi connectivity index (χ1v) is 9.49. The zero-order valence-corrected chi connectivity index (χ0v) is 16.4. The molecule has 0 saturated carbocycles. The molecule has 0 aliphatic carbocycles. The second-order valence-electron chi connectivity index (χ2n) is 5.69. The van der Waals surface area contributed by atoms with Gasteiger partial charge in [0.15, 0.2) is 5.13 Å². The summed E-state index contributed by atoms with van der Waals surface area (Å²) in [4.78, 5) is 28.5. The highest BCUT2D eigenvalue weighted by molar-refractivity contribution is 7.14. The summed E-state index contributed by atoms with van der Waals surface area (Å²) >= 11 is 7.05. The lowest BCUT2D eigenvalue weighted by atomic mass is 10.2. The smallest absolute Gasteiger partial charge is 0.325 e. The molecule has 0 atom stereocenters. The van der Waals surface area contributed by atoms with E-state index in [4.69, 9.17) is 16.3 Å². The summed E-state index contributed by atoms with van der Waals surface area (Å²) in [6.45, 7) is 0. The minimum Gasteiger partial charge on any atom is -0.497 e. The number of carbonyl (C=O) groups excluding carboxylic acids is 2. The molecule has 3 amide bonds. The van der Waals surface area contributed by atoms with Gasteiger partial charge in [0.25, 0.3) is 0 Å². The molecule has 0 unspecified atom stereocenters. The van der Waals surface area contributed by atoms with Gasteiger partial charge in [-0.2, -0.15) is 0 Å². The Morgan fingerprint density at radius 1 is 1.07 bits per heavy atom. The predicted molar refractivity (Wildman–Crippen MR) is 112 cm³/mol. The third-order valence-corrected chi connectivity index (χ3v) is 4.63. The standard InChI is InChI=1S/C19H17ClN4O3S/c1-27-16-4-2-3-14(9-16)21-17(25)10-15-11-28-19(23-15)24-18(26)22-13-7-5-12(20)6-8-13/h2-9,11H,10H2,1H3,(H,21,25)(H2,22,23,24,26). The maximum Gasteiger partial charge on any atom is 0.325 e. The third kappa shape index (κ3) is 5.70. The number of nitrogens with zero attached hydrogens (tertiary/aromatic N) is 1. The van der Waals surface area contributed by atoms with Gasteiger partial charge in [0.2, 0.25) is 5.91 Å². The Morgan fingerprint density at radius 3 is 2.61 bits per heavy atom. The summed E-state index contributed by atoms with van der Waals surface area (Å²) in [6, 6.07) is 13.4. The Balaban J connectivity index is 1.52. The second kappa shape index (κ2) is 9.20. The van der Waals surface area contributed by atoms with E-state index in [0.29, 0.717) is 33.0 Å². The minimum atomic E-state index is -0.427. The van der Waals surface area contributed by atoms with Crippen LogP contribution in [0.1, 0.15) is 5.69 Å². The van der Waals surface area contributed by atoms with Crippen molar-refractivity contribution in [3.8, 4) is 5.75 Å². The Labute approximate surface area is 170 Å². The van der Waals surface area contributed by atoms with E-state index in [1.54, 1.807) is 61.0 Å². The molecule has 3 rings (SSSR count). The van der Waals surface area contributed by atoms with Crippen LogP contribution in [0.3, 0.4) is 0 Å². The zero-order chi connectivity index (χ0) is 19.9. The number of aromatic nitrogens is 1. The van der Waals surface area contributed by atoms with E-state index in [-0.39, 0.29) is 12.3 Å². The van der Waals surface area contributed by atoms with Crippen molar-refractivity contribution in [3.05, 3.63) is 64.6 Å².